The molecular weight excluding hydrogens is 315 g/mol. The van der Waals surface area contributed by atoms with Gasteiger partial charge in [-0.25, -0.2) is 8.78 Å². The van der Waals surface area contributed by atoms with E-state index in [-0.39, 0.29) is 15.1 Å². The lowest BCUT2D eigenvalue weighted by molar-refractivity contribution is 0.626. The zero-order chi connectivity index (χ0) is 14.0. The van der Waals surface area contributed by atoms with Crippen molar-refractivity contribution >= 4 is 40.5 Å². The molecule has 0 aliphatic heterocycles. The molecule has 0 atom stereocenters. The van der Waals surface area contributed by atoms with Gasteiger partial charge in [0, 0.05) is 6.54 Å². The smallest absolute Gasteiger partial charge is 0.142 e. The van der Waals surface area contributed by atoms with Crippen molar-refractivity contribution in [2.75, 3.05) is 5.32 Å². The Morgan fingerprint density at radius 3 is 2.11 bits per heavy atom. The molecule has 0 bridgehead atoms. The minimum Gasteiger partial charge on any atom is -0.379 e. The minimum absolute atomic E-state index is 0.0570. The van der Waals surface area contributed by atoms with Crippen LogP contribution >= 0.6 is 34.8 Å². The Morgan fingerprint density at radius 2 is 1.53 bits per heavy atom. The molecule has 0 amide bonds. The minimum atomic E-state index is -0.516. The molecule has 2 rings (SSSR count). The fourth-order valence-corrected chi connectivity index (χ4v) is 2.26. The van der Waals surface area contributed by atoms with E-state index in [1.165, 1.54) is 12.1 Å². The van der Waals surface area contributed by atoms with Gasteiger partial charge in [-0.3, -0.25) is 0 Å². The molecule has 0 unspecified atom stereocenters. The van der Waals surface area contributed by atoms with Crippen LogP contribution in [0.1, 0.15) is 5.56 Å². The summed E-state index contributed by atoms with van der Waals surface area (Å²) in [5.74, 6) is -1.02. The molecule has 0 radical (unpaired) electrons. The number of rotatable bonds is 3. The van der Waals surface area contributed by atoms with Crippen molar-refractivity contribution in [1.82, 2.24) is 0 Å². The largest absolute Gasteiger partial charge is 0.379 e. The topological polar surface area (TPSA) is 12.0 Å². The molecule has 100 valence electrons. The molecule has 19 heavy (non-hydrogen) atoms. The summed E-state index contributed by atoms with van der Waals surface area (Å²) in [5, 5.41) is 3.32. The monoisotopic (exact) mass is 321 g/mol. The van der Waals surface area contributed by atoms with E-state index < -0.39 is 11.6 Å². The van der Waals surface area contributed by atoms with Gasteiger partial charge < -0.3 is 5.32 Å². The van der Waals surface area contributed by atoms with Crippen LogP contribution in [0.4, 0.5) is 14.5 Å². The lowest BCUT2D eigenvalue weighted by Gasteiger charge is -2.11. The van der Waals surface area contributed by atoms with Crippen LogP contribution in [0.3, 0.4) is 0 Å². The van der Waals surface area contributed by atoms with Gasteiger partial charge in [0.15, 0.2) is 0 Å². The second-order valence-corrected chi connectivity index (χ2v) is 5.07. The molecule has 0 aliphatic carbocycles. The van der Waals surface area contributed by atoms with Crippen LogP contribution in [-0.2, 0) is 6.54 Å². The Labute approximate surface area is 124 Å². The van der Waals surface area contributed by atoms with E-state index >= 15 is 0 Å². The molecule has 0 saturated heterocycles. The maximum atomic E-state index is 13.3. The lowest BCUT2D eigenvalue weighted by Crippen LogP contribution is -2.01. The Hall–Kier alpha value is -1.03. The van der Waals surface area contributed by atoms with E-state index in [4.69, 9.17) is 34.8 Å². The number of benzene rings is 2. The predicted octanol–water partition coefficient (Wildman–Crippen LogP) is 5.54. The number of hydrogen-bond donors (Lipinski definition) is 1. The molecule has 6 heteroatoms. The first-order chi connectivity index (χ1) is 8.97. The van der Waals surface area contributed by atoms with Crippen molar-refractivity contribution in [3.8, 4) is 0 Å². The van der Waals surface area contributed by atoms with Crippen molar-refractivity contribution < 1.29 is 8.78 Å². The second kappa shape index (κ2) is 5.95. The van der Waals surface area contributed by atoms with Crippen LogP contribution in [-0.4, -0.2) is 0 Å². The third-order valence-corrected chi connectivity index (χ3v) is 3.36. The summed E-state index contributed by atoms with van der Waals surface area (Å²) in [7, 11) is 0. The van der Waals surface area contributed by atoms with Gasteiger partial charge in [-0.15, -0.1) is 0 Å². The van der Waals surface area contributed by atoms with E-state index in [0.29, 0.717) is 17.8 Å². The van der Waals surface area contributed by atoms with Crippen molar-refractivity contribution in [1.29, 1.82) is 0 Å². The molecule has 1 nitrogen and oxygen atoms in total. The summed E-state index contributed by atoms with van der Waals surface area (Å²) >= 11 is 17.3. The summed E-state index contributed by atoms with van der Waals surface area (Å²) in [6.07, 6.45) is 0. The van der Waals surface area contributed by atoms with Gasteiger partial charge in [-0.05, 0) is 29.8 Å². The highest BCUT2D eigenvalue weighted by Crippen LogP contribution is 2.31. The molecule has 0 saturated carbocycles. The van der Waals surface area contributed by atoms with Crippen molar-refractivity contribution in [2.45, 2.75) is 6.54 Å². The van der Waals surface area contributed by atoms with Crippen molar-refractivity contribution in [3.05, 3.63) is 62.6 Å². The molecule has 0 aromatic heterocycles. The van der Waals surface area contributed by atoms with E-state index in [2.05, 4.69) is 5.32 Å². The molecule has 0 aliphatic rings. The van der Waals surface area contributed by atoms with Gasteiger partial charge in [-0.1, -0.05) is 40.9 Å². The van der Waals surface area contributed by atoms with Crippen LogP contribution in [0.25, 0.3) is 0 Å². The zero-order valence-corrected chi connectivity index (χ0v) is 11.8. The highest BCUT2D eigenvalue weighted by molar-refractivity contribution is 6.39. The normalized spacial score (nSPS) is 10.6. The maximum Gasteiger partial charge on any atom is 0.142 e. The average molecular weight is 323 g/mol. The number of hydrogen-bond acceptors (Lipinski definition) is 1. The fourth-order valence-electron chi connectivity index (χ4n) is 1.55. The highest BCUT2D eigenvalue weighted by Gasteiger charge is 2.08. The third-order valence-electron chi connectivity index (χ3n) is 2.46. The maximum absolute atomic E-state index is 13.3. The average Bonchev–Trinajstić information content (AvgIpc) is 2.32. The summed E-state index contributed by atoms with van der Waals surface area (Å²) < 4.78 is 26.3. The van der Waals surface area contributed by atoms with E-state index in [1.54, 1.807) is 6.07 Å². The Kier molecular flexibility index (Phi) is 4.50. The number of anilines is 1. The molecule has 2 aromatic carbocycles. The predicted molar refractivity (Wildman–Crippen MR) is 75.2 cm³/mol. The summed E-state index contributed by atoms with van der Waals surface area (Å²) in [4.78, 5) is 0. The van der Waals surface area contributed by atoms with Crippen molar-refractivity contribution in [2.24, 2.45) is 0 Å². The molecule has 0 fully saturated rings. The number of halogens is 5. The van der Waals surface area contributed by atoms with Gasteiger partial charge in [0.1, 0.15) is 11.6 Å². The molecule has 2 aromatic rings. The first kappa shape index (κ1) is 14.4. The number of nitrogens with one attached hydrogen (secondary N) is 1. The third kappa shape index (κ3) is 3.50. The Balaban J connectivity index is 2.16. The second-order valence-electron chi connectivity index (χ2n) is 3.85. The van der Waals surface area contributed by atoms with E-state index in [1.807, 2.05) is 0 Å². The highest BCUT2D eigenvalue weighted by atomic mass is 35.5. The van der Waals surface area contributed by atoms with Gasteiger partial charge >= 0.3 is 0 Å². The molecular formula is C13H8Cl3F2N. The van der Waals surface area contributed by atoms with E-state index in [0.717, 1.165) is 12.1 Å². The summed E-state index contributed by atoms with van der Waals surface area (Å²) in [6.45, 7) is 0.291. The van der Waals surface area contributed by atoms with Gasteiger partial charge in [0.05, 0.1) is 20.8 Å². The SMILES string of the molecule is Fc1cc(Cl)c(NCc2ccc(Cl)c(F)c2)c(Cl)c1. The molecule has 0 heterocycles. The van der Waals surface area contributed by atoms with E-state index in [9.17, 15) is 8.78 Å². The van der Waals surface area contributed by atoms with Crippen molar-refractivity contribution in [3.63, 3.8) is 0 Å². The Bertz CT molecular complexity index is 594. The summed E-state index contributed by atoms with van der Waals surface area (Å²) in [6, 6.07) is 6.74. The van der Waals surface area contributed by atoms with Crippen LogP contribution in [0.2, 0.25) is 15.1 Å². The quantitative estimate of drug-likeness (QED) is 0.782. The standard InChI is InChI=1S/C13H8Cl3F2N/c14-9-2-1-7(3-12(9)18)6-19-13-10(15)4-8(17)5-11(13)16/h1-5,19H,6H2. The van der Waals surface area contributed by atoms with Crippen LogP contribution in [0, 0.1) is 11.6 Å². The lowest BCUT2D eigenvalue weighted by atomic mass is 10.2. The Morgan fingerprint density at radius 1 is 0.895 bits per heavy atom. The van der Waals surface area contributed by atoms with Gasteiger partial charge in [0.2, 0.25) is 0 Å². The zero-order valence-electron chi connectivity index (χ0n) is 9.48. The first-order valence-corrected chi connectivity index (χ1v) is 6.43. The van der Waals surface area contributed by atoms with Crippen LogP contribution in [0.15, 0.2) is 30.3 Å². The van der Waals surface area contributed by atoms with Gasteiger partial charge in [-0.2, -0.15) is 0 Å². The van der Waals surface area contributed by atoms with Crippen LogP contribution < -0.4 is 5.32 Å². The summed E-state index contributed by atoms with van der Waals surface area (Å²) in [5.41, 5.74) is 1.07. The fraction of sp³-hybridized carbons (Fsp3) is 0.0769. The molecule has 0 spiro atoms. The molecule has 1 N–H and O–H groups in total. The van der Waals surface area contributed by atoms with Crippen LogP contribution in [0.5, 0.6) is 0 Å². The first-order valence-electron chi connectivity index (χ1n) is 5.29. The van der Waals surface area contributed by atoms with Gasteiger partial charge in [0.25, 0.3) is 0 Å².